The molecule has 0 aliphatic carbocycles. The number of benzene rings is 1. The molecule has 1 spiro atoms. The SMILES string of the molecule is CS(=O)(=O)NCC1CCOC2(CCN(C(=O)Cc3ccc(Cl)cc3)CC2)C1. The van der Waals surface area contributed by atoms with Gasteiger partial charge in [-0.2, -0.15) is 0 Å². The van der Waals surface area contributed by atoms with Gasteiger partial charge in [0.15, 0.2) is 0 Å². The van der Waals surface area contributed by atoms with E-state index in [1.807, 2.05) is 17.0 Å². The Morgan fingerprint density at radius 3 is 2.59 bits per heavy atom. The third-order valence-corrected chi connectivity index (χ3v) is 6.47. The summed E-state index contributed by atoms with van der Waals surface area (Å²) in [6.07, 6.45) is 4.88. The molecule has 150 valence electrons. The van der Waals surface area contributed by atoms with Crippen LogP contribution in [0.1, 0.15) is 31.2 Å². The largest absolute Gasteiger partial charge is 0.375 e. The van der Waals surface area contributed by atoms with Crippen molar-refractivity contribution in [3.05, 3.63) is 34.9 Å². The molecule has 2 aliphatic rings. The van der Waals surface area contributed by atoms with E-state index in [1.165, 1.54) is 6.26 Å². The standard InChI is InChI=1S/C19H27ClN2O4S/c1-27(24,25)21-14-16-6-11-26-19(13-16)7-9-22(10-8-19)18(23)12-15-2-4-17(20)5-3-15/h2-5,16,21H,6-14H2,1H3. The fourth-order valence-electron chi connectivity index (χ4n) is 3.97. The van der Waals surface area contributed by atoms with Gasteiger partial charge in [0.05, 0.1) is 18.3 Å². The van der Waals surface area contributed by atoms with E-state index in [0.717, 1.165) is 31.2 Å². The van der Waals surface area contributed by atoms with Gasteiger partial charge in [0.2, 0.25) is 15.9 Å². The minimum atomic E-state index is -3.17. The lowest BCUT2D eigenvalue weighted by Gasteiger charge is -2.46. The fraction of sp³-hybridized carbons (Fsp3) is 0.632. The molecule has 2 aliphatic heterocycles. The molecule has 2 saturated heterocycles. The summed E-state index contributed by atoms with van der Waals surface area (Å²) in [6.45, 7) is 2.47. The number of rotatable bonds is 5. The zero-order chi connectivity index (χ0) is 19.5. The first-order valence-corrected chi connectivity index (χ1v) is 11.6. The second kappa shape index (κ2) is 8.47. The van der Waals surface area contributed by atoms with E-state index >= 15 is 0 Å². The number of piperidine rings is 1. The van der Waals surface area contributed by atoms with Crippen LogP contribution in [-0.2, 0) is 26.0 Å². The van der Waals surface area contributed by atoms with Crippen molar-refractivity contribution in [2.45, 2.75) is 37.7 Å². The van der Waals surface area contributed by atoms with E-state index in [4.69, 9.17) is 16.3 Å². The lowest BCUT2D eigenvalue weighted by atomic mass is 9.79. The summed E-state index contributed by atoms with van der Waals surface area (Å²) in [5.74, 6) is 0.406. The van der Waals surface area contributed by atoms with E-state index < -0.39 is 10.0 Å². The van der Waals surface area contributed by atoms with Crippen LogP contribution in [0.15, 0.2) is 24.3 Å². The first kappa shape index (κ1) is 20.6. The van der Waals surface area contributed by atoms with E-state index in [9.17, 15) is 13.2 Å². The number of sulfonamides is 1. The van der Waals surface area contributed by atoms with E-state index in [0.29, 0.717) is 37.7 Å². The summed E-state index contributed by atoms with van der Waals surface area (Å²) in [5.41, 5.74) is 0.740. The van der Waals surface area contributed by atoms with Gasteiger partial charge in [-0.1, -0.05) is 23.7 Å². The van der Waals surface area contributed by atoms with E-state index in [-0.39, 0.29) is 17.4 Å². The van der Waals surface area contributed by atoms with Crippen molar-refractivity contribution in [1.82, 2.24) is 9.62 Å². The maximum Gasteiger partial charge on any atom is 0.226 e. The molecule has 3 rings (SSSR count). The van der Waals surface area contributed by atoms with Crippen LogP contribution in [0.4, 0.5) is 0 Å². The monoisotopic (exact) mass is 414 g/mol. The van der Waals surface area contributed by atoms with Crippen LogP contribution in [0.3, 0.4) is 0 Å². The average Bonchev–Trinajstić information content (AvgIpc) is 2.62. The van der Waals surface area contributed by atoms with Crippen LogP contribution in [0.5, 0.6) is 0 Å². The third kappa shape index (κ3) is 5.91. The highest BCUT2D eigenvalue weighted by molar-refractivity contribution is 7.88. The van der Waals surface area contributed by atoms with Crippen molar-refractivity contribution in [2.24, 2.45) is 5.92 Å². The van der Waals surface area contributed by atoms with Crippen LogP contribution in [-0.4, -0.2) is 57.3 Å². The highest BCUT2D eigenvalue weighted by Gasteiger charge is 2.41. The summed E-state index contributed by atoms with van der Waals surface area (Å²) in [7, 11) is -3.17. The molecule has 2 heterocycles. The number of amides is 1. The van der Waals surface area contributed by atoms with Gasteiger partial charge in [-0.15, -0.1) is 0 Å². The van der Waals surface area contributed by atoms with Gasteiger partial charge in [0.1, 0.15) is 0 Å². The van der Waals surface area contributed by atoms with Gasteiger partial charge < -0.3 is 9.64 Å². The van der Waals surface area contributed by atoms with Gasteiger partial charge in [-0.25, -0.2) is 13.1 Å². The molecule has 2 fully saturated rings. The topological polar surface area (TPSA) is 75.7 Å². The summed E-state index contributed by atoms with van der Waals surface area (Å²) in [6, 6.07) is 7.37. The number of ether oxygens (including phenoxy) is 1. The van der Waals surface area contributed by atoms with Crippen molar-refractivity contribution >= 4 is 27.5 Å². The maximum absolute atomic E-state index is 12.6. The molecule has 8 heteroatoms. The predicted octanol–water partition coefficient (Wildman–Crippen LogP) is 2.22. The number of carbonyl (C=O) groups is 1. The summed E-state index contributed by atoms with van der Waals surface area (Å²) in [4.78, 5) is 14.5. The molecule has 1 aromatic rings. The number of hydrogen-bond donors (Lipinski definition) is 1. The Kier molecular flexibility index (Phi) is 6.46. The third-order valence-electron chi connectivity index (χ3n) is 5.53. The molecule has 1 atom stereocenters. The van der Waals surface area contributed by atoms with E-state index in [2.05, 4.69) is 4.72 Å². The predicted molar refractivity (Wildman–Crippen MR) is 105 cm³/mol. The van der Waals surface area contributed by atoms with Crippen molar-refractivity contribution in [3.63, 3.8) is 0 Å². The highest BCUT2D eigenvalue weighted by Crippen LogP contribution is 2.37. The van der Waals surface area contributed by atoms with Crippen LogP contribution in [0, 0.1) is 5.92 Å². The van der Waals surface area contributed by atoms with Crippen LogP contribution in [0.25, 0.3) is 0 Å². The number of likely N-dealkylation sites (tertiary alicyclic amines) is 1. The molecule has 0 bridgehead atoms. The molecule has 0 radical (unpaired) electrons. The molecule has 0 aromatic heterocycles. The van der Waals surface area contributed by atoms with Crippen LogP contribution in [0.2, 0.25) is 5.02 Å². The number of carbonyl (C=O) groups excluding carboxylic acids is 1. The lowest BCUT2D eigenvalue weighted by molar-refractivity contribution is -0.146. The van der Waals surface area contributed by atoms with Crippen molar-refractivity contribution in [2.75, 3.05) is 32.5 Å². The van der Waals surface area contributed by atoms with Gasteiger partial charge in [-0.05, 0) is 49.3 Å². The Morgan fingerprint density at radius 2 is 1.96 bits per heavy atom. The second-order valence-corrected chi connectivity index (χ2v) is 9.96. The zero-order valence-corrected chi connectivity index (χ0v) is 17.2. The summed E-state index contributed by atoms with van der Waals surface area (Å²) < 4.78 is 31.4. The Hall–Kier alpha value is -1.15. The van der Waals surface area contributed by atoms with Crippen LogP contribution < -0.4 is 4.72 Å². The minimum Gasteiger partial charge on any atom is -0.375 e. The quantitative estimate of drug-likeness (QED) is 0.801. The fourth-order valence-corrected chi connectivity index (χ4v) is 4.64. The molecule has 1 amide bonds. The molecule has 27 heavy (non-hydrogen) atoms. The lowest BCUT2D eigenvalue weighted by Crippen LogP contribution is -2.52. The molecule has 1 N–H and O–H groups in total. The summed E-state index contributed by atoms with van der Waals surface area (Å²) >= 11 is 5.89. The molecule has 1 unspecified atom stereocenters. The minimum absolute atomic E-state index is 0.123. The maximum atomic E-state index is 12.6. The molecular weight excluding hydrogens is 388 g/mol. The van der Waals surface area contributed by atoms with Gasteiger partial charge >= 0.3 is 0 Å². The number of hydrogen-bond acceptors (Lipinski definition) is 4. The molecule has 1 aromatic carbocycles. The first-order valence-electron chi connectivity index (χ1n) is 9.36. The van der Waals surface area contributed by atoms with Gasteiger partial charge in [0.25, 0.3) is 0 Å². The summed E-state index contributed by atoms with van der Waals surface area (Å²) in [5, 5.41) is 0.667. The van der Waals surface area contributed by atoms with Crippen molar-refractivity contribution < 1.29 is 17.9 Å². The molecule has 6 nitrogen and oxygen atoms in total. The van der Waals surface area contributed by atoms with Crippen LogP contribution >= 0.6 is 11.6 Å². The zero-order valence-electron chi connectivity index (χ0n) is 15.6. The van der Waals surface area contributed by atoms with Crippen molar-refractivity contribution in [3.8, 4) is 0 Å². The molecule has 0 saturated carbocycles. The van der Waals surface area contributed by atoms with Gasteiger partial charge in [0, 0.05) is 31.3 Å². The Bertz CT molecular complexity index is 758. The number of nitrogens with zero attached hydrogens (tertiary/aromatic N) is 1. The molecular formula is C19H27ClN2O4S. The van der Waals surface area contributed by atoms with Gasteiger partial charge in [-0.3, -0.25) is 4.79 Å². The number of halogens is 1. The Morgan fingerprint density at radius 1 is 1.30 bits per heavy atom. The van der Waals surface area contributed by atoms with E-state index in [1.54, 1.807) is 12.1 Å². The first-order chi connectivity index (χ1) is 12.7. The van der Waals surface area contributed by atoms with Crippen molar-refractivity contribution in [1.29, 1.82) is 0 Å². The Balaban J connectivity index is 1.51. The second-order valence-electron chi connectivity index (χ2n) is 7.69. The Labute approximate surface area is 166 Å². The normalized spacial score (nSPS) is 22.7. The smallest absolute Gasteiger partial charge is 0.226 e. The highest BCUT2D eigenvalue weighted by atomic mass is 35.5. The number of nitrogens with one attached hydrogen (secondary N) is 1. The average molecular weight is 415 g/mol.